The topological polar surface area (TPSA) is 57.2 Å². The number of alkyl halides is 1. The molecular weight excluding hydrogens is 260 g/mol. The van der Waals surface area contributed by atoms with Gasteiger partial charge in [-0.15, -0.1) is 11.6 Å². The Labute approximate surface area is 112 Å². The fourth-order valence-electron chi connectivity index (χ4n) is 2.32. The lowest BCUT2D eigenvalue weighted by Gasteiger charge is -2.38. The van der Waals surface area contributed by atoms with Gasteiger partial charge < -0.3 is 24.1 Å². The first kappa shape index (κ1) is 14.5. The first-order valence-electron chi connectivity index (χ1n) is 6.31. The molecular formula is C12H21ClO5. The van der Waals surface area contributed by atoms with Crippen molar-refractivity contribution in [3.63, 3.8) is 0 Å². The zero-order valence-electron chi connectivity index (χ0n) is 11.0. The summed E-state index contributed by atoms with van der Waals surface area (Å²) in [5.74, 6) is -0.181. The molecule has 2 heterocycles. The maximum atomic E-state index is 10.1. The van der Waals surface area contributed by atoms with E-state index in [0.29, 0.717) is 12.5 Å². The van der Waals surface area contributed by atoms with Crippen LogP contribution in [0.25, 0.3) is 0 Å². The van der Waals surface area contributed by atoms with Crippen LogP contribution in [0.3, 0.4) is 0 Å². The molecule has 0 saturated carbocycles. The van der Waals surface area contributed by atoms with E-state index in [-0.39, 0.29) is 6.10 Å². The molecule has 0 spiro atoms. The van der Waals surface area contributed by atoms with E-state index in [1.807, 2.05) is 13.8 Å². The molecule has 2 saturated heterocycles. The average Bonchev–Trinajstić information content (AvgIpc) is 2.62. The molecule has 18 heavy (non-hydrogen) atoms. The Morgan fingerprint density at radius 3 is 2.61 bits per heavy atom. The lowest BCUT2D eigenvalue weighted by Crippen LogP contribution is -2.56. The number of hydrogen-bond donors (Lipinski definition) is 1. The van der Waals surface area contributed by atoms with Crippen LogP contribution in [-0.2, 0) is 18.9 Å². The molecule has 6 heteroatoms. The summed E-state index contributed by atoms with van der Waals surface area (Å²) in [6.07, 6.45) is -1.63. The number of rotatable bonds is 4. The highest BCUT2D eigenvalue weighted by Crippen LogP contribution is 2.37. The number of ether oxygens (including phenoxy) is 4. The van der Waals surface area contributed by atoms with Crippen molar-refractivity contribution in [2.75, 3.05) is 12.5 Å². The molecule has 2 aliphatic heterocycles. The van der Waals surface area contributed by atoms with E-state index in [2.05, 4.69) is 0 Å². The molecule has 0 amide bonds. The number of halogens is 1. The minimum atomic E-state index is -0.724. The highest BCUT2D eigenvalue weighted by Gasteiger charge is 2.54. The summed E-state index contributed by atoms with van der Waals surface area (Å²) in [6.45, 7) is 5.94. The zero-order valence-corrected chi connectivity index (χ0v) is 11.7. The third-order valence-corrected chi connectivity index (χ3v) is 3.43. The predicted molar refractivity (Wildman–Crippen MR) is 65.5 cm³/mol. The van der Waals surface area contributed by atoms with Gasteiger partial charge in [0.1, 0.15) is 18.3 Å². The molecule has 0 radical (unpaired) electrons. The molecule has 2 aliphatic rings. The standard InChI is InChI=1S/C12H21ClO5/c1-7-8(14)9-10(18-12(2,3)17-9)11(16-7)15-6-4-5-13/h7-11,14H,4-6H2,1-3H3/t7-,8+,9+,10-,11-/m1/s1. The Kier molecular flexibility index (Phi) is 4.52. The van der Waals surface area contributed by atoms with Crippen molar-refractivity contribution < 1.29 is 24.1 Å². The average molecular weight is 281 g/mol. The molecule has 5 nitrogen and oxygen atoms in total. The van der Waals surface area contributed by atoms with Gasteiger partial charge >= 0.3 is 0 Å². The summed E-state index contributed by atoms with van der Waals surface area (Å²) in [5, 5.41) is 10.1. The summed E-state index contributed by atoms with van der Waals surface area (Å²) in [6, 6.07) is 0. The second kappa shape index (κ2) is 5.61. The molecule has 2 fully saturated rings. The smallest absolute Gasteiger partial charge is 0.186 e. The quantitative estimate of drug-likeness (QED) is 0.621. The Balaban J connectivity index is 2.02. The molecule has 0 unspecified atom stereocenters. The van der Waals surface area contributed by atoms with Crippen LogP contribution in [0.4, 0.5) is 0 Å². The van der Waals surface area contributed by atoms with Gasteiger partial charge in [-0.1, -0.05) is 0 Å². The van der Waals surface area contributed by atoms with E-state index in [4.69, 9.17) is 30.5 Å². The summed E-state index contributed by atoms with van der Waals surface area (Å²) in [5.41, 5.74) is 0. The molecule has 2 rings (SSSR count). The van der Waals surface area contributed by atoms with E-state index in [1.54, 1.807) is 6.92 Å². The SMILES string of the molecule is C[C@H]1O[C@@H](OCCCCl)[C@@H]2OC(C)(C)O[C@H]2[C@H]1O. The van der Waals surface area contributed by atoms with Crippen LogP contribution in [0.5, 0.6) is 0 Å². The lowest BCUT2D eigenvalue weighted by atomic mass is 10.0. The fourth-order valence-corrected chi connectivity index (χ4v) is 2.43. The van der Waals surface area contributed by atoms with Crippen molar-refractivity contribution in [1.29, 1.82) is 0 Å². The third-order valence-electron chi connectivity index (χ3n) is 3.16. The van der Waals surface area contributed by atoms with E-state index < -0.39 is 30.4 Å². The van der Waals surface area contributed by atoms with Crippen LogP contribution in [0, 0.1) is 0 Å². The molecule has 0 bridgehead atoms. The van der Waals surface area contributed by atoms with Crippen molar-refractivity contribution in [1.82, 2.24) is 0 Å². The molecule has 0 aromatic carbocycles. The van der Waals surface area contributed by atoms with E-state index in [9.17, 15) is 5.11 Å². The van der Waals surface area contributed by atoms with Crippen molar-refractivity contribution in [3.8, 4) is 0 Å². The second-order valence-electron chi connectivity index (χ2n) is 5.18. The largest absolute Gasteiger partial charge is 0.388 e. The van der Waals surface area contributed by atoms with Crippen LogP contribution in [0.15, 0.2) is 0 Å². The van der Waals surface area contributed by atoms with Crippen molar-refractivity contribution in [3.05, 3.63) is 0 Å². The number of fused-ring (bicyclic) bond motifs is 1. The molecule has 106 valence electrons. The normalized spacial score (nSPS) is 42.8. The highest BCUT2D eigenvalue weighted by atomic mass is 35.5. The van der Waals surface area contributed by atoms with Gasteiger partial charge in [-0.2, -0.15) is 0 Å². The molecule has 1 N–H and O–H groups in total. The van der Waals surface area contributed by atoms with Gasteiger partial charge in [0.05, 0.1) is 12.7 Å². The molecule has 0 aliphatic carbocycles. The summed E-state index contributed by atoms with van der Waals surface area (Å²) in [7, 11) is 0. The van der Waals surface area contributed by atoms with E-state index >= 15 is 0 Å². The van der Waals surface area contributed by atoms with Crippen LogP contribution in [0.2, 0.25) is 0 Å². The first-order valence-corrected chi connectivity index (χ1v) is 6.85. The van der Waals surface area contributed by atoms with Gasteiger partial charge in [0.15, 0.2) is 12.1 Å². The zero-order chi connectivity index (χ0) is 13.3. The second-order valence-corrected chi connectivity index (χ2v) is 5.56. The predicted octanol–water partition coefficient (Wildman–Crippen LogP) is 1.26. The van der Waals surface area contributed by atoms with Crippen molar-refractivity contribution >= 4 is 11.6 Å². The number of hydrogen-bond acceptors (Lipinski definition) is 5. The maximum absolute atomic E-state index is 10.1. The van der Waals surface area contributed by atoms with Crippen LogP contribution in [0.1, 0.15) is 27.2 Å². The highest BCUT2D eigenvalue weighted by molar-refractivity contribution is 6.17. The van der Waals surface area contributed by atoms with Gasteiger partial charge in [0, 0.05) is 5.88 Å². The molecule has 0 aromatic rings. The number of aliphatic hydroxyl groups is 1. The first-order chi connectivity index (χ1) is 8.44. The Morgan fingerprint density at radius 2 is 1.94 bits per heavy atom. The van der Waals surface area contributed by atoms with Gasteiger partial charge in [-0.05, 0) is 27.2 Å². The Morgan fingerprint density at radius 1 is 1.28 bits per heavy atom. The summed E-state index contributed by atoms with van der Waals surface area (Å²) in [4.78, 5) is 0. The van der Waals surface area contributed by atoms with Gasteiger partial charge in [-0.3, -0.25) is 0 Å². The maximum Gasteiger partial charge on any atom is 0.186 e. The molecule has 5 atom stereocenters. The number of aliphatic hydroxyl groups excluding tert-OH is 1. The summed E-state index contributed by atoms with van der Waals surface area (Å²) >= 11 is 5.61. The van der Waals surface area contributed by atoms with Crippen LogP contribution in [-0.4, -0.2) is 54.1 Å². The van der Waals surface area contributed by atoms with Crippen LogP contribution >= 0.6 is 11.6 Å². The van der Waals surface area contributed by atoms with E-state index in [1.165, 1.54) is 0 Å². The minimum Gasteiger partial charge on any atom is -0.388 e. The minimum absolute atomic E-state index is 0.343. The summed E-state index contributed by atoms with van der Waals surface area (Å²) < 4.78 is 22.7. The lowest BCUT2D eigenvalue weighted by molar-refractivity contribution is -0.271. The van der Waals surface area contributed by atoms with Gasteiger partial charge in [0.25, 0.3) is 0 Å². The Bertz CT molecular complexity index is 286. The van der Waals surface area contributed by atoms with Crippen molar-refractivity contribution in [2.24, 2.45) is 0 Å². The monoisotopic (exact) mass is 280 g/mol. The van der Waals surface area contributed by atoms with Crippen LogP contribution < -0.4 is 0 Å². The fraction of sp³-hybridized carbons (Fsp3) is 1.00. The third kappa shape index (κ3) is 2.98. The van der Waals surface area contributed by atoms with E-state index in [0.717, 1.165) is 6.42 Å². The van der Waals surface area contributed by atoms with Gasteiger partial charge in [-0.25, -0.2) is 0 Å². The van der Waals surface area contributed by atoms with Gasteiger partial charge in [0.2, 0.25) is 0 Å². The Hall–Kier alpha value is 0.0900. The van der Waals surface area contributed by atoms with Crippen molar-refractivity contribution in [2.45, 2.75) is 63.7 Å². The molecule has 0 aromatic heterocycles.